The summed E-state index contributed by atoms with van der Waals surface area (Å²) in [5.74, 6) is 0. The van der Waals surface area contributed by atoms with E-state index >= 15 is 0 Å². The van der Waals surface area contributed by atoms with Gasteiger partial charge in [-0.3, -0.25) is 0 Å². The molecule has 0 bridgehead atoms. The number of hydrogen-bond acceptors (Lipinski definition) is 2. The lowest BCUT2D eigenvalue weighted by Gasteiger charge is -2.13. The number of aryl methyl sites for hydroxylation is 1. The highest BCUT2D eigenvalue weighted by Crippen LogP contribution is 2.16. The smallest absolute Gasteiger partial charge is 0.0303 e. The first-order valence-corrected chi connectivity index (χ1v) is 6.51. The SMILES string of the molecule is Cc1ccccc1CNC(C)c1ccsc1. The van der Waals surface area contributed by atoms with E-state index in [1.807, 2.05) is 0 Å². The van der Waals surface area contributed by atoms with E-state index in [2.05, 4.69) is 60.3 Å². The summed E-state index contributed by atoms with van der Waals surface area (Å²) in [7, 11) is 0. The molecule has 0 saturated heterocycles. The molecule has 2 heteroatoms. The van der Waals surface area contributed by atoms with E-state index in [1.54, 1.807) is 11.3 Å². The van der Waals surface area contributed by atoms with Gasteiger partial charge in [0.1, 0.15) is 0 Å². The predicted molar refractivity (Wildman–Crippen MR) is 70.8 cm³/mol. The lowest BCUT2D eigenvalue weighted by molar-refractivity contribution is 0.575. The highest BCUT2D eigenvalue weighted by molar-refractivity contribution is 7.07. The Morgan fingerprint density at radius 2 is 2.06 bits per heavy atom. The zero-order chi connectivity index (χ0) is 11.4. The van der Waals surface area contributed by atoms with Crippen LogP contribution in [0.25, 0.3) is 0 Å². The highest BCUT2D eigenvalue weighted by atomic mass is 32.1. The minimum absolute atomic E-state index is 0.422. The van der Waals surface area contributed by atoms with Gasteiger partial charge in [0.25, 0.3) is 0 Å². The zero-order valence-electron chi connectivity index (χ0n) is 9.73. The molecule has 0 radical (unpaired) electrons. The van der Waals surface area contributed by atoms with Crippen LogP contribution >= 0.6 is 11.3 Å². The second kappa shape index (κ2) is 5.28. The summed E-state index contributed by atoms with van der Waals surface area (Å²) in [6.07, 6.45) is 0. The standard InChI is InChI=1S/C14H17NS/c1-11-5-3-4-6-13(11)9-15-12(2)14-7-8-16-10-14/h3-8,10,12,15H,9H2,1-2H3. The maximum absolute atomic E-state index is 3.55. The maximum Gasteiger partial charge on any atom is 0.0303 e. The molecule has 1 aromatic carbocycles. The van der Waals surface area contributed by atoms with Crippen LogP contribution in [0.2, 0.25) is 0 Å². The summed E-state index contributed by atoms with van der Waals surface area (Å²) < 4.78 is 0. The van der Waals surface area contributed by atoms with Gasteiger partial charge in [-0.05, 0) is 47.4 Å². The Bertz CT molecular complexity index is 434. The van der Waals surface area contributed by atoms with Crippen molar-refractivity contribution in [3.63, 3.8) is 0 Å². The molecule has 1 nitrogen and oxygen atoms in total. The maximum atomic E-state index is 3.55. The molecule has 0 aliphatic carbocycles. The molecule has 0 aliphatic rings. The van der Waals surface area contributed by atoms with Crippen molar-refractivity contribution in [1.82, 2.24) is 5.32 Å². The Morgan fingerprint density at radius 1 is 1.25 bits per heavy atom. The number of hydrogen-bond donors (Lipinski definition) is 1. The molecule has 2 rings (SSSR count). The molecule has 1 unspecified atom stereocenters. The van der Waals surface area contributed by atoms with Gasteiger partial charge in [0.2, 0.25) is 0 Å². The average molecular weight is 231 g/mol. The van der Waals surface area contributed by atoms with Crippen molar-refractivity contribution < 1.29 is 0 Å². The Labute approximate surface area is 101 Å². The van der Waals surface area contributed by atoms with Crippen LogP contribution in [0.4, 0.5) is 0 Å². The fraction of sp³-hybridized carbons (Fsp3) is 0.286. The minimum Gasteiger partial charge on any atom is -0.306 e. The molecular weight excluding hydrogens is 214 g/mol. The summed E-state index contributed by atoms with van der Waals surface area (Å²) in [6.45, 7) is 5.30. The van der Waals surface area contributed by atoms with E-state index in [9.17, 15) is 0 Å². The molecule has 0 amide bonds. The summed E-state index contributed by atoms with van der Waals surface area (Å²) >= 11 is 1.75. The quantitative estimate of drug-likeness (QED) is 0.841. The summed E-state index contributed by atoms with van der Waals surface area (Å²) in [5.41, 5.74) is 4.11. The van der Waals surface area contributed by atoms with Crippen molar-refractivity contribution in [3.8, 4) is 0 Å². The average Bonchev–Trinajstić information content (AvgIpc) is 2.81. The van der Waals surface area contributed by atoms with Gasteiger partial charge in [-0.2, -0.15) is 11.3 Å². The minimum atomic E-state index is 0.422. The number of nitrogens with one attached hydrogen (secondary N) is 1. The van der Waals surface area contributed by atoms with Gasteiger partial charge in [-0.15, -0.1) is 0 Å². The molecule has 16 heavy (non-hydrogen) atoms. The van der Waals surface area contributed by atoms with Gasteiger partial charge in [0.05, 0.1) is 0 Å². The molecule has 0 spiro atoms. The molecule has 84 valence electrons. The Morgan fingerprint density at radius 3 is 2.75 bits per heavy atom. The Hall–Kier alpha value is -1.12. The molecule has 1 N–H and O–H groups in total. The molecule has 0 aliphatic heterocycles. The third-order valence-corrected chi connectivity index (χ3v) is 3.60. The van der Waals surface area contributed by atoms with Gasteiger partial charge in [0, 0.05) is 12.6 Å². The molecule has 0 saturated carbocycles. The molecular formula is C14H17NS. The topological polar surface area (TPSA) is 12.0 Å². The van der Waals surface area contributed by atoms with Crippen LogP contribution in [-0.4, -0.2) is 0 Å². The van der Waals surface area contributed by atoms with Gasteiger partial charge in [0.15, 0.2) is 0 Å². The number of rotatable bonds is 4. The van der Waals surface area contributed by atoms with Crippen LogP contribution in [0.1, 0.15) is 29.7 Å². The van der Waals surface area contributed by atoms with Crippen molar-refractivity contribution in [1.29, 1.82) is 0 Å². The largest absolute Gasteiger partial charge is 0.306 e. The van der Waals surface area contributed by atoms with E-state index in [-0.39, 0.29) is 0 Å². The second-order valence-corrected chi connectivity index (χ2v) is 4.87. The summed E-state index contributed by atoms with van der Waals surface area (Å²) in [4.78, 5) is 0. The first kappa shape index (κ1) is 11.4. The van der Waals surface area contributed by atoms with Crippen molar-refractivity contribution in [2.45, 2.75) is 26.4 Å². The van der Waals surface area contributed by atoms with E-state index in [0.29, 0.717) is 6.04 Å². The Balaban J connectivity index is 1.95. The fourth-order valence-electron chi connectivity index (χ4n) is 1.71. The number of benzene rings is 1. The van der Waals surface area contributed by atoms with Crippen LogP contribution in [0.15, 0.2) is 41.1 Å². The van der Waals surface area contributed by atoms with E-state index in [4.69, 9.17) is 0 Å². The van der Waals surface area contributed by atoms with E-state index in [0.717, 1.165) is 6.54 Å². The lowest BCUT2D eigenvalue weighted by atomic mass is 10.1. The van der Waals surface area contributed by atoms with Crippen LogP contribution in [0.3, 0.4) is 0 Å². The summed E-state index contributed by atoms with van der Waals surface area (Å²) in [6, 6.07) is 11.1. The van der Waals surface area contributed by atoms with Crippen molar-refractivity contribution in [2.24, 2.45) is 0 Å². The first-order valence-electron chi connectivity index (χ1n) is 5.57. The number of thiophene rings is 1. The van der Waals surface area contributed by atoms with Crippen molar-refractivity contribution >= 4 is 11.3 Å². The Kier molecular flexibility index (Phi) is 3.75. The van der Waals surface area contributed by atoms with E-state index < -0.39 is 0 Å². The normalized spacial score (nSPS) is 12.6. The molecule has 1 aromatic heterocycles. The van der Waals surface area contributed by atoms with Crippen molar-refractivity contribution in [3.05, 3.63) is 57.8 Å². The third kappa shape index (κ3) is 2.71. The van der Waals surface area contributed by atoms with Gasteiger partial charge in [-0.25, -0.2) is 0 Å². The third-order valence-electron chi connectivity index (χ3n) is 2.90. The first-order chi connectivity index (χ1) is 7.77. The van der Waals surface area contributed by atoms with Gasteiger partial charge >= 0.3 is 0 Å². The van der Waals surface area contributed by atoms with Gasteiger partial charge in [-0.1, -0.05) is 24.3 Å². The molecule has 2 aromatic rings. The molecule has 0 fully saturated rings. The fourth-order valence-corrected chi connectivity index (χ4v) is 2.46. The molecule has 1 atom stereocenters. The second-order valence-electron chi connectivity index (χ2n) is 4.09. The summed E-state index contributed by atoms with van der Waals surface area (Å²) in [5, 5.41) is 7.88. The zero-order valence-corrected chi connectivity index (χ0v) is 10.6. The predicted octanol–water partition coefficient (Wildman–Crippen LogP) is 3.91. The van der Waals surface area contributed by atoms with Crippen molar-refractivity contribution in [2.75, 3.05) is 0 Å². The van der Waals surface area contributed by atoms with E-state index in [1.165, 1.54) is 16.7 Å². The van der Waals surface area contributed by atoms with Crippen LogP contribution in [0, 0.1) is 6.92 Å². The molecule has 1 heterocycles. The van der Waals surface area contributed by atoms with Crippen LogP contribution in [-0.2, 0) is 6.54 Å². The van der Waals surface area contributed by atoms with Crippen LogP contribution < -0.4 is 5.32 Å². The van der Waals surface area contributed by atoms with Gasteiger partial charge < -0.3 is 5.32 Å². The monoisotopic (exact) mass is 231 g/mol. The highest BCUT2D eigenvalue weighted by Gasteiger charge is 2.05. The lowest BCUT2D eigenvalue weighted by Crippen LogP contribution is -2.18. The van der Waals surface area contributed by atoms with Crippen LogP contribution in [0.5, 0.6) is 0 Å².